The molecule has 1 aromatic rings. The molecule has 0 spiro atoms. The molecule has 0 radical (unpaired) electrons. The van der Waals surface area contributed by atoms with Crippen molar-refractivity contribution in [1.82, 2.24) is 15.1 Å². The number of hydrogen-bond donors (Lipinski definition) is 2. The average Bonchev–Trinajstić information content (AvgIpc) is 2.69. The summed E-state index contributed by atoms with van der Waals surface area (Å²) in [6.45, 7) is 6.44. The zero-order valence-electron chi connectivity index (χ0n) is 13.0. The monoisotopic (exact) mass is 312 g/mol. The van der Waals surface area contributed by atoms with E-state index < -0.39 is 22.9 Å². The number of nitrogens with one attached hydrogen (secondary N) is 1. The van der Waals surface area contributed by atoms with Crippen LogP contribution in [0.1, 0.15) is 31.7 Å². The highest BCUT2D eigenvalue weighted by Crippen LogP contribution is 2.21. The van der Waals surface area contributed by atoms with E-state index >= 15 is 0 Å². The summed E-state index contributed by atoms with van der Waals surface area (Å²) >= 11 is 0. The number of aliphatic carboxylic acids is 1. The maximum atomic E-state index is 11.8. The average molecular weight is 312 g/mol. The predicted molar refractivity (Wildman–Crippen MR) is 77.4 cm³/mol. The maximum absolute atomic E-state index is 11.8. The van der Waals surface area contributed by atoms with Crippen LogP contribution in [0.2, 0.25) is 0 Å². The second kappa shape index (κ2) is 7.01. The van der Waals surface area contributed by atoms with Crippen LogP contribution < -0.4 is 5.32 Å². The molecule has 0 bridgehead atoms. The van der Waals surface area contributed by atoms with Crippen LogP contribution in [-0.4, -0.2) is 37.7 Å². The van der Waals surface area contributed by atoms with Crippen molar-refractivity contribution in [2.45, 2.75) is 46.7 Å². The van der Waals surface area contributed by atoms with Crippen molar-refractivity contribution < 1.29 is 19.6 Å². The summed E-state index contributed by atoms with van der Waals surface area (Å²) in [6.07, 6.45) is 0.0653. The number of carboxylic acids is 1. The molecule has 0 saturated carbocycles. The van der Waals surface area contributed by atoms with E-state index in [-0.39, 0.29) is 24.6 Å². The number of aryl methyl sites for hydroxylation is 2. The van der Waals surface area contributed by atoms with Crippen molar-refractivity contribution >= 4 is 17.6 Å². The summed E-state index contributed by atoms with van der Waals surface area (Å²) in [5, 5.41) is 26.4. The first-order valence-electron chi connectivity index (χ1n) is 6.85. The summed E-state index contributed by atoms with van der Waals surface area (Å²) in [5.74, 6) is -2.00. The lowest BCUT2D eigenvalue weighted by atomic mass is 10.0. The van der Waals surface area contributed by atoms with Crippen LogP contribution in [0, 0.1) is 29.9 Å². The molecule has 0 aliphatic heterocycles. The molecule has 1 rings (SSSR count). The number of carboxylic acid groups (broad SMARTS) is 1. The number of hydrogen-bond acceptors (Lipinski definition) is 5. The lowest BCUT2D eigenvalue weighted by Gasteiger charge is -2.17. The van der Waals surface area contributed by atoms with Gasteiger partial charge in [0, 0.05) is 12.5 Å². The Morgan fingerprint density at radius 3 is 2.45 bits per heavy atom. The lowest BCUT2D eigenvalue weighted by molar-refractivity contribution is -0.386. The van der Waals surface area contributed by atoms with Gasteiger partial charge in [0.1, 0.15) is 11.4 Å². The van der Waals surface area contributed by atoms with E-state index in [1.807, 2.05) is 0 Å². The van der Waals surface area contributed by atoms with Gasteiger partial charge in [-0.2, -0.15) is 5.10 Å². The van der Waals surface area contributed by atoms with Gasteiger partial charge in [-0.15, -0.1) is 0 Å². The quantitative estimate of drug-likeness (QED) is 0.571. The van der Waals surface area contributed by atoms with E-state index in [2.05, 4.69) is 10.4 Å². The van der Waals surface area contributed by atoms with Crippen molar-refractivity contribution in [1.29, 1.82) is 0 Å². The first-order valence-corrected chi connectivity index (χ1v) is 6.85. The molecular weight excluding hydrogens is 292 g/mol. The van der Waals surface area contributed by atoms with E-state index in [9.17, 15) is 19.7 Å². The molecule has 122 valence electrons. The van der Waals surface area contributed by atoms with Gasteiger partial charge in [-0.05, 0) is 27.7 Å². The zero-order chi connectivity index (χ0) is 17.0. The minimum atomic E-state index is -0.984. The van der Waals surface area contributed by atoms with E-state index in [0.29, 0.717) is 11.4 Å². The number of carbonyl (C=O) groups is 2. The fourth-order valence-electron chi connectivity index (χ4n) is 2.04. The van der Waals surface area contributed by atoms with Crippen LogP contribution >= 0.6 is 0 Å². The van der Waals surface area contributed by atoms with Crippen LogP contribution in [0.4, 0.5) is 5.69 Å². The van der Waals surface area contributed by atoms with Crippen molar-refractivity contribution in [3.8, 4) is 0 Å². The topological polar surface area (TPSA) is 127 Å². The molecule has 0 aromatic carbocycles. The summed E-state index contributed by atoms with van der Waals surface area (Å²) < 4.78 is 1.42. The molecule has 1 heterocycles. The molecule has 0 saturated heterocycles. The van der Waals surface area contributed by atoms with Crippen LogP contribution in [0.25, 0.3) is 0 Å². The van der Waals surface area contributed by atoms with Gasteiger partial charge in [-0.3, -0.25) is 24.4 Å². The third kappa shape index (κ3) is 4.03. The highest BCUT2D eigenvalue weighted by atomic mass is 16.6. The standard InChI is InChI=1S/C13H20N4O5/c1-7(13(19)20)8(2)14-11(18)5-6-16-10(4)12(17(21)22)9(3)15-16/h7-8H,5-6H2,1-4H3,(H,14,18)(H,19,20). The minimum Gasteiger partial charge on any atom is -0.481 e. The Labute approximate surface area is 127 Å². The van der Waals surface area contributed by atoms with Gasteiger partial charge in [0.25, 0.3) is 0 Å². The van der Waals surface area contributed by atoms with Gasteiger partial charge in [0.2, 0.25) is 5.91 Å². The molecule has 2 N–H and O–H groups in total. The number of rotatable bonds is 7. The number of carbonyl (C=O) groups excluding carboxylic acids is 1. The maximum Gasteiger partial charge on any atom is 0.312 e. The molecule has 22 heavy (non-hydrogen) atoms. The first-order chi connectivity index (χ1) is 10.1. The number of nitro groups is 1. The Morgan fingerprint density at radius 2 is 2.00 bits per heavy atom. The van der Waals surface area contributed by atoms with E-state index in [4.69, 9.17) is 5.11 Å². The summed E-state index contributed by atoms with van der Waals surface area (Å²) in [4.78, 5) is 33.0. The van der Waals surface area contributed by atoms with Gasteiger partial charge in [0.15, 0.2) is 0 Å². The van der Waals surface area contributed by atoms with Crippen molar-refractivity contribution in [2.24, 2.45) is 5.92 Å². The molecular formula is C13H20N4O5. The van der Waals surface area contributed by atoms with E-state index in [1.54, 1.807) is 13.8 Å². The van der Waals surface area contributed by atoms with Gasteiger partial charge in [-0.25, -0.2) is 0 Å². The van der Waals surface area contributed by atoms with E-state index in [0.717, 1.165) is 0 Å². The van der Waals surface area contributed by atoms with Crippen LogP contribution in [0.15, 0.2) is 0 Å². The Balaban J connectivity index is 2.64. The van der Waals surface area contributed by atoms with Crippen molar-refractivity contribution in [2.75, 3.05) is 0 Å². The molecule has 9 heteroatoms. The second-order valence-electron chi connectivity index (χ2n) is 5.23. The van der Waals surface area contributed by atoms with Gasteiger partial charge >= 0.3 is 11.7 Å². The Morgan fingerprint density at radius 1 is 1.41 bits per heavy atom. The van der Waals surface area contributed by atoms with Crippen LogP contribution in [0.3, 0.4) is 0 Å². The molecule has 1 aromatic heterocycles. The molecule has 2 unspecified atom stereocenters. The normalized spacial score (nSPS) is 13.5. The third-order valence-corrected chi connectivity index (χ3v) is 3.60. The number of amides is 1. The highest BCUT2D eigenvalue weighted by molar-refractivity contribution is 5.77. The second-order valence-corrected chi connectivity index (χ2v) is 5.23. The Kier molecular flexibility index (Phi) is 5.61. The van der Waals surface area contributed by atoms with Crippen molar-refractivity contribution in [3.05, 3.63) is 21.5 Å². The molecule has 9 nitrogen and oxygen atoms in total. The third-order valence-electron chi connectivity index (χ3n) is 3.60. The lowest BCUT2D eigenvalue weighted by Crippen LogP contribution is -2.40. The smallest absolute Gasteiger partial charge is 0.312 e. The fraction of sp³-hybridized carbons (Fsp3) is 0.615. The van der Waals surface area contributed by atoms with E-state index in [1.165, 1.54) is 18.5 Å². The Bertz CT molecular complexity index is 595. The highest BCUT2D eigenvalue weighted by Gasteiger charge is 2.23. The van der Waals surface area contributed by atoms with Gasteiger partial charge in [-0.1, -0.05) is 0 Å². The largest absolute Gasteiger partial charge is 0.481 e. The summed E-state index contributed by atoms with van der Waals surface area (Å²) in [7, 11) is 0. The zero-order valence-corrected chi connectivity index (χ0v) is 13.0. The molecule has 0 aliphatic carbocycles. The van der Waals surface area contributed by atoms with Gasteiger partial charge in [0.05, 0.1) is 17.4 Å². The number of aromatic nitrogens is 2. The van der Waals surface area contributed by atoms with Crippen LogP contribution in [-0.2, 0) is 16.1 Å². The molecule has 1 amide bonds. The molecule has 0 fully saturated rings. The molecule has 2 atom stereocenters. The Hall–Kier alpha value is -2.45. The minimum absolute atomic E-state index is 0.0479. The molecule has 0 aliphatic rings. The SMILES string of the molecule is Cc1nn(CCC(=O)NC(C)C(C)C(=O)O)c(C)c1[N+](=O)[O-]. The number of nitrogens with zero attached hydrogens (tertiary/aromatic N) is 3. The summed E-state index contributed by atoms with van der Waals surface area (Å²) in [5.41, 5.74) is 0.645. The fourth-order valence-corrected chi connectivity index (χ4v) is 2.04. The summed E-state index contributed by atoms with van der Waals surface area (Å²) in [6, 6.07) is -0.500. The first kappa shape index (κ1) is 17.6. The van der Waals surface area contributed by atoms with Gasteiger partial charge < -0.3 is 10.4 Å². The predicted octanol–water partition coefficient (Wildman–Crippen LogP) is 1.02. The van der Waals surface area contributed by atoms with Crippen LogP contribution in [0.5, 0.6) is 0 Å². The van der Waals surface area contributed by atoms with Crippen molar-refractivity contribution in [3.63, 3.8) is 0 Å².